The third-order valence-electron chi connectivity index (χ3n) is 0.955. The molecule has 0 aliphatic carbocycles. The van der Waals surface area contributed by atoms with Crippen molar-refractivity contribution in [1.82, 2.24) is 4.98 Å². The van der Waals surface area contributed by atoms with Crippen molar-refractivity contribution in [2.45, 2.75) is 6.18 Å². The Labute approximate surface area is 72.1 Å². The molecule has 11 heavy (non-hydrogen) atoms. The number of hydrogen-bond donors (Lipinski definition) is 0. The van der Waals surface area contributed by atoms with Crippen LogP contribution in [0.4, 0.5) is 13.2 Å². The maximum atomic E-state index is 11.7. The SMILES string of the molecule is FC(F)(F)c1ccccn1.[Cu]. The number of hydrogen-bond acceptors (Lipinski definition) is 1. The van der Waals surface area contributed by atoms with E-state index in [9.17, 15) is 13.2 Å². The van der Waals surface area contributed by atoms with Gasteiger partial charge in [0.15, 0.2) is 0 Å². The van der Waals surface area contributed by atoms with E-state index in [4.69, 9.17) is 0 Å². The molecule has 0 bridgehead atoms. The molecule has 1 heterocycles. The van der Waals surface area contributed by atoms with Crippen molar-refractivity contribution in [2.75, 3.05) is 0 Å². The number of halogens is 3. The minimum Gasteiger partial charge on any atom is -0.252 e. The Hall–Kier alpha value is -0.541. The molecule has 0 aliphatic rings. The van der Waals surface area contributed by atoms with Gasteiger partial charge in [0.05, 0.1) is 0 Å². The van der Waals surface area contributed by atoms with E-state index in [0.717, 1.165) is 12.3 Å². The van der Waals surface area contributed by atoms with Gasteiger partial charge < -0.3 is 0 Å². The molecule has 0 saturated heterocycles. The van der Waals surface area contributed by atoms with Gasteiger partial charge in [0.25, 0.3) is 0 Å². The van der Waals surface area contributed by atoms with Gasteiger partial charge >= 0.3 is 6.18 Å². The van der Waals surface area contributed by atoms with Gasteiger partial charge in [-0.05, 0) is 12.1 Å². The van der Waals surface area contributed by atoms with Gasteiger partial charge in [-0.1, -0.05) is 6.07 Å². The number of pyridine rings is 1. The van der Waals surface area contributed by atoms with E-state index in [-0.39, 0.29) is 17.1 Å². The summed E-state index contributed by atoms with van der Waals surface area (Å²) in [4.78, 5) is 3.12. The largest absolute Gasteiger partial charge is 0.433 e. The van der Waals surface area contributed by atoms with E-state index in [1.165, 1.54) is 12.1 Å². The van der Waals surface area contributed by atoms with Gasteiger partial charge in [-0.3, -0.25) is 4.98 Å². The maximum absolute atomic E-state index is 11.7. The summed E-state index contributed by atoms with van der Waals surface area (Å²) in [7, 11) is 0. The van der Waals surface area contributed by atoms with Gasteiger partial charge in [-0.15, -0.1) is 0 Å². The van der Waals surface area contributed by atoms with Crippen molar-refractivity contribution in [3.05, 3.63) is 30.1 Å². The zero-order valence-corrected chi connectivity index (χ0v) is 6.13. The van der Waals surface area contributed by atoms with Crippen LogP contribution in [0.2, 0.25) is 0 Å². The smallest absolute Gasteiger partial charge is 0.252 e. The first kappa shape index (κ1) is 10.5. The molecule has 1 aromatic rings. The third-order valence-corrected chi connectivity index (χ3v) is 0.955. The normalized spacial score (nSPS) is 10.5. The predicted octanol–water partition coefficient (Wildman–Crippen LogP) is 2.10. The molecule has 0 N–H and O–H groups in total. The first-order valence-electron chi connectivity index (χ1n) is 2.59. The summed E-state index contributed by atoms with van der Waals surface area (Å²) in [5.74, 6) is 0. The molecule has 0 spiro atoms. The average molecular weight is 211 g/mol. The fourth-order valence-corrected chi connectivity index (χ4v) is 0.530. The molecule has 0 atom stereocenters. The van der Waals surface area contributed by atoms with Crippen LogP contribution in [-0.2, 0) is 23.2 Å². The second-order valence-corrected chi connectivity index (χ2v) is 1.71. The minimum absolute atomic E-state index is 0. The van der Waals surface area contributed by atoms with Crippen molar-refractivity contribution in [2.24, 2.45) is 0 Å². The van der Waals surface area contributed by atoms with Crippen LogP contribution in [0.5, 0.6) is 0 Å². The first-order chi connectivity index (χ1) is 4.61. The van der Waals surface area contributed by atoms with E-state index in [1.54, 1.807) is 0 Å². The Morgan fingerprint density at radius 2 is 1.82 bits per heavy atom. The molecule has 5 heteroatoms. The zero-order chi connectivity index (χ0) is 7.61. The van der Waals surface area contributed by atoms with Crippen LogP contribution in [-0.4, -0.2) is 4.98 Å². The monoisotopic (exact) mass is 210 g/mol. The Bertz CT molecular complexity index is 209. The van der Waals surface area contributed by atoms with Gasteiger partial charge in [0.2, 0.25) is 0 Å². The fraction of sp³-hybridized carbons (Fsp3) is 0.167. The number of nitrogens with zero attached hydrogens (tertiary/aromatic N) is 1. The van der Waals surface area contributed by atoms with Gasteiger partial charge in [-0.25, -0.2) is 0 Å². The van der Waals surface area contributed by atoms with Crippen molar-refractivity contribution >= 4 is 0 Å². The summed E-state index contributed by atoms with van der Waals surface area (Å²) in [5, 5.41) is 0. The molecular weight excluding hydrogens is 207 g/mol. The second kappa shape index (κ2) is 3.74. The molecule has 1 rings (SSSR count). The van der Waals surface area contributed by atoms with Crippen LogP contribution in [0.25, 0.3) is 0 Å². The molecule has 1 aromatic heterocycles. The van der Waals surface area contributed by atoms with E-state index < -0.39 is 11.9 Å². The topological polar surface area (TPSA) is 12.9 Å². The number of rotatable bonds is 0. The van der Waals surface area contributed by atoms with Crippen molar-refractivity contribution < 1.29 is 30.2 Å². The van der Waals surface area contributed by atoms with E-state index in [1.807, 2.05) is 0 Å². The summed E-state index contributed by atoms with van der Waals surface area (Å²) in [6.45, 7) is 0. The fourth-order valence-electron chi connectivity index (χ4n) is 0.530. The average Bonchev–Trinajstić information content (AvgIpc) is 1.88. The molecule has 1 nitrogen and oxygen atoms in total. The van der Waals surface area contributed by atoms with Crippen LogP contribution in [0.3, 0.4) is 0 Å². The van der Waals surface area contributed by atoms with Crippen LogP contribution >= 0.6 is 0 Å². The van der Waals surface area contributed by atoms with Crippen molar-refractivity contribution in [3.8, 4) is 0 Å². The first-order valence-corrected chi connectivity index (χ1v) is 2.59. The van der Waals surface area contributed by atoms with Crippen LogP contribution in [0.1, 0.15) is 5.69 Å². The summed E-state index contributed by atoms with van der Waals surface area (Å²) in [5.41, 5.74) is -0.852. The van der Waals surface area contributed by atoms with E-state index in [2.05, 4.69) is 4.98 Å². The van der Waals surface area contributed by atoms with E-state index >= 15 is 0 Å². The molecule has 0 unspecified atom stereocenters. The molecule has 65 valence electrons. The predicted molar refractivity (Wildman–Crippen MR) is 29.2 cm³/mol. The summed E-state index contributed by atoms with van der Waals surface area (Å²) < 4.78 is 35.2. The van der Waals surface area contributed by atoms with Crippen molar-refractivity contribution in [1.29, 1.82) is 0 Å². The van der Waals surface area contributed by atoms with Gasteiger partial charge in [0, 0.05) is 23.3 Å². The quantitative estimate of drug-likeness (QED) is 0.598. The van der Waals surface area contributed by atoms with Gasteiger partial charge in [0.1, 0.15) is 5.69 Å². The van der Waals surface area contributed by atoms with E-state index in [0.29, 0.717) is 0 Å². The van der Waals surface area contributed by atoms with Gasteiger partial charge in [-0.2, -0.15) is 13.2 Å². The van der Waals surface area contributed by atoms with Crippen molar-refractivity contribution in [3.63, 3.8) is 0 Å². The van der Waals surface area contributed by atoms with Crippen LogP contribution in [0.15, 0.2) is 24.4 Å². The maximum Gasteiger partial charge on any atom is 0.433 e. The Balaban J connectivity index is 0.000001000. The number of aromatic nitrogens is 1. The minimum atomic E-state index is -4.32. The second-order valence-electron chi connectivity index (χ2n) is 1.71. The molecular formula is C6H4CuF3N. The molecule has 0 aliphatic heterocycles. The molecule has 0 amide bonds. The molecule has 0 aromatic carbocycles. The molecule has 0 fully saturated rings. The summed E-state index contributed by atoms with van der Waals surface area (Å²) in [6.07, 6.45) is -3.20. The third kappa shape index (κ3) is 2.91. The Kier molecular flexibility index (Phi) is 3.55. The van der Waals surface area contributed by atoms with Crippen LogP contribution < -0.4 is 0 Å². The Morgan fingerprint density at radius 1 is 1.18 bits per heavy atom. The molecule has 0 saturated carbocycles. The Morgan fingerprint density at radius 3 is 2.09 bits per heavy atom. The number of alkyl halides is 3. The summed E-state index contributed by atoms with van der Waals surface area (Å²) in [6, 6.07) is 3.67. The van der Waals surface area contributed by atoms with Crippen LogP contribution in [0, 0.1) is 0 Å². The molecule has 1 radical (unpaired) electrons. The standard InChI is InChI=1S/C6H4F3N.Cu/c7-6(8,9)5-3-1-2-4-10-5;/h1-4H;. The summed E-state index contributed by atoms with van der Waals surface area (Å²) >= 11 is 0. The zero-order valence-electron chi connectivity index (χ0n) is 5.19.